The van der Waals surface area contributed by atoms with Crippen molar-refractivity contribution in [3.8, 4) is 0 Å². The third-order valence-electron chi connectivity index (χ3n) is 0.874. The molecule has 4 nitrogen and oxygen atoms in total. The molecule has 1 N–H and O–H groups in total. The van der Waals surface area contributed by atoms with Gasteiger partial charge in [-0.3, -0.25) is 0 Å². The van der Waals surface area contributed by atoms with Crippen LogP contribution in [0.3, 0.4) is 0 Å². The first-order valence-corrected chi connectivity index (χ1v) is 2.56. The maximum Gasteiger partial charge on any atom is 0.180 e. The molecule has 9 heavy (non-hydrogen) atoms. The zero-order valence-electron chi connectivity index (χ0n) is 5.13. The smallest absolute Gasteiger partial charge is 0.180 e. The highest BCUT2D eigenvalue weighted by Gasteiger charge is 1.91. The predicted octanol–water partition coefficient (Wildman–Crippen LogP) is 0.326. The van der Waals surface area contributed by atoms with Crippen LogP contribution in [-0.2, 0) is 11.4 Å². The third kappa shape index (κ3) is 1.83. The summed E-state index contributed by atoms with van der Waals surface area (Å²) in [5.74, 6) is 0.761. The first-order chi connectivity index (χ1) is 4.43. The molecule has 1 aromatic rings. The largest absolute Gasteiger partial charge is 0.447 e. The van der Waals surface area contributed by atoms with E-state index in [1.807, 2.05) is 0 Å². The fraction of sp³-hybridized carbons (Fsp3) is 0.400. The molecule has 0 aromatic carbocycles. The Morgan fingerprint density at radius 3 is 3.33 bits per heavy atom. The Morgan fingerprint density at radius 2 is 2.78 bits per heavy atom. The molecule has 0 saturated heterocycles. The van der Waals surface area contributed by atoms with Crippen molar-refractivity contribution in [2.75, 3.05) is 7.11 Å². The summed E-state index contributed by atoms with van der Waals surface area (Å²) in [5.41, 5.74) is 2.62. The van der Waals surface area contributed by atoms with Crippen molar-refractivity contribution in [1.29, 1.82) is 0 Å². The van der Waals surface area contributed by atoms with Gasteiger partial charge < -0.3 is 9.25 Å². The fourth-order valence-electron chi connectivity index (χ4n) is 0.473. The highest BCUT2D eigenvalue weighted by atomic mass is 16.6. The zero-order valence-corrected chi connectivity index (χ0v) is 5.13. The van der Waals surface area contributed by atoms with Crippen LogP contribution >= 0.6 is 0 Å². The van der Waals surface area contributed by atoms with Crippen molar-refractivity contribution < 1.29 is 9.25 Å². The lowest BCUT2D eigenvalue weighted by molar-refractivity contribution is 0.0818. The van der Waals surface area contributed by atoms with Crippen molar-refractivity contribution in [2.24, 2.45) is 0 Å². The van der Waals surface area contributed by atoms with Crippen molar-refractivity contribution in [3.63, 3.8) is 0 Å². The Balaban J connectivity index is 2.30. The number of oxazole rings is 1. The van der Waals surface area contributed by atoms with E-state index in [9.17, 15) is 0 Å². The molecule has 0 atom stereocenters. The number of hydroxylamine groups is 1. The minimum atomic E-state index is 0.552. The summed E-state index contributed by atoms with van der Waals surface area (Å²) in [5, 5.41) is 0. The molecule has 50 valence electrons. The molecular formula is C5H8N2O2. The van der Waals surface area contributed by atoms with E-state index in [1.165, 1.54) is 6.39 Å². The number of rotatable bonds is 3. The van der Waals surface area contributed by atoms with E-state index in [0.717, 1.165) is 5.76 Å². The van der Waals surface area contributed by atoms with Gasteiger partial charge in [-0.2, -0.15) is 5.48 Å². The van der Waals surface area contributed by atoms with Crippen LogP contribution in [0.4, 0.5) is 0 Å². The normalized spacial score (nSPS) is 9.89. The Hall–Kier alpha value is -0.870. The summed E-state index contributed by atoms with van der Waals surface area (Å²) < 4.78 is 4.88. The third-order valence-corrected chi connectivity index (χ3v) is 0.874. The quantitative estimate of drug-likeness (QED) is 0.596. The molecule has 1 aromatic heterocycles. The minimum Gasteiger partial charge on any atom is -0.447 e. The molecule has 0 bridgehead atoms. The zero-order chi connectivity index (χ0) is 6.53. The Bertz CT molecular complexity index is 150. The summed E-state index contributed by atoms with van der Waals surface area (Å²) in [6, 6.07) is 0. The van der Waals surface area contributed by atoms with Crippen LogP contribution in [0, 0.1) is 0 Å². The number of aromatic nitrogens is 1. The molecule has 4 heteroatoms. The second-order valence-electron chi connectivity index (χ2n) is 1.49. The van der Waals surface area contributed by atoms with E-state index in [1.54, 1.807) is 13.3 Å². The van der Waals surface area contributed by atoms with Gasteiger partial charge in [-0.05, 0) is 0 Å². The number of hydrogen-bond donors (Lipinski definition) is 1. The van der Waals surface area contributed by atoms with Crippen LogP contribution < -0.4 is 5.48 Å². The summed E-state index contributed by atoms with van der Waals surface area (Å²) >= 11 is 0. The first-order valence-electron chi connectivity index (χ1n) is 2.56. The molecule has 0 spiro atoms. The highest BCUT2D eigenvalue weighted by molar-refractivity contribution is 4.85. The molecule has 0 aliphatic heterocycles. The van der Waals surface area contributed by atoms with Crippen molar-refractivity contribution in [3.05, 3.63) is 18.4 Å². The second kappa shape index (κ2) is 3.21. The first kappa shape index (κ1) is 6.25. The standard InChI is InChI=1S/C5H8N2O2/c1-8-7-3-5-2-6-4-9-5/h2,4,7H,3H2,1H3. The predicted molar refractivity (Wildman–Crippen MR) is 30.4 cm³/mol. The minimum absolute atomic E-state index is 0.552. The molecule has 0 fully saturated rings. The molecule has 0 amide bonds. The monoisotopic (exact) mass is 128 g/mol. The summed E-state index contributed by atoms with van der Waals surface area (Å²) in [6.07, 6.45) is 3.01. The molecule has 1 heterocycles. The number of nitrogens with zero attached hydrogens (tertiary/aromatic N) is 1. The van der Waals surface area contributed by atoms with Gasteiger partial charge in [0.1, 0.15) is 5.76 Å². The van der Waals surface area contributed by atoms with E-state index in [2.05, 4.69) is 15.3 Å². The summed E-state index contributed by atoms with van der Waals surface area (Å²) in [7, 11) is 1.55. The van der Waals surface area contributed by atoms with Crippen LogP contribution in [0.25, 0.3) is 0 Å². The molecule has 0 saturated carbocycles. The SMILES string of the molecule is CONCc1cnco1. The van der Waals surface area contributed by atoms with E-state index in [4.69, 9.17) is 4.42 Å². The van der Waals surface area contributed by atoms with Gasteiger partial charge in [0.25, 0.3) is 0 Å². The molecular weight excluding hydrogens is 120 g/mol. The molecule has 0 aliphatic carbocycles. The van der Waals surface area contributed by atoms with Crippen LogP contribution in [0.2, 0.25) is 0 Å². The molecule has 0 aliphatic rings. The van der Waals surface area contributed by atoms with Gasteiger partial charge in [0.2, 0.25) is 0 Å². The fourth-order valence-corrected chi connectivity index (χ4v) is 0.473. The van der Waals surface area contributed by atoms with Gasteiger partial charge in [0.05, 0.1) is 19.9 Å². The van der Waals surface area contributed by atoms with Gasteiger partial charge in [-0.25, -0.2) is 4.98 Å². The van der Waals surface area contributed by atoms with Gasteiger partial charge in [-0.15, -0.1) is 0 Å². The Morgan fingerprint density at radius 1 is 1.89 bits per heavy atom. The van der Waals surface area contributed by atoms with Crippen molar-refractivity contribution in [1.82, 2.24) is 10.5 Å². The maximum absolute atomic E-state index is 4.88. The van der Waals surface area contributed by atoms with Gasteiger partial charge in [-0.1, -0.05) is 0 Å². The van der Waals surface area contributed by atoms with Crippen LogP contribution in [0.15, 0.2) is 17.0 Å². The van der Waals surface area contributed by atoms with Crippen LogP contribution in [0.5, 0.6) is 0 Å². The molecule has 0 radical (unpaired) electrons. The average molecular weight is 128 g/mol. The number of nitrogens with one attached hydrogen (secondary N) is 1. The van der Waals surface area contributed by atoms with Crippen LogP contribution in [-0.4, -0.2) is 12.1 Å². The van der Waals surface area contributed by atoms with Gasteiger partial charge >= 0.3 is 0 Å². The van der Waals surface area contributed by atoms with E-state index in [-0.39, 0.29) is 0 Å². The summed E-state index contributed by atoms with van der Waals surface area (Å²) in [4.78, 5) is 8.29. The topological polar surface area (TPSA) is 47.3 Å². The Kier molecular flexibility index (Phi) is 2.23. The highest BCUT2D eigenvalue weighted by Crippen LogP contribution is 1.93. The van der Waals surface area contributed by atoms with Crippen molar-refractivity contribution >= 4 is 0 Å². The van der Waals surface area contributed by atoms with Crippen LogP contribution in [0.1, 0.15) is 5.76 Å². The molecule has 1 rings (SSSR count). The Labute approximate surface area is 52.8 Å². The van der Waals surface area contributed by atoms with E-state index < -0.39 is 0 Å². The second-order valence-corrected chi connectivity index (χ2v) is 1.49. The van der Waals surface area contributed by atoms with E-state index >= 15 is 0 Å². The summed E-state index contributed by atoms with van der Waals surface area (Å²) in [6.45, 7) is 0.552. The lowest BCUT2D eigenvalue weighted by atomic mass is 10.5. The lowest BCUT2D eigenvalue weighted by Gasteiger charge is -1.94. The maximum atomic E-state index is 4.88. The molecule has 0 unspecified atom stereocenters. The average Bonchev–Trinajstić information content (AvgIpc) is 2.34. The van der Waals surface area contributed by atoms with Gasteiger partial charge in [0, 0.05) is 0 Å². The van der Waals surface area contributed by atoms with E-state index in [0.29, 0.717) is 6.54 Å². The van der Waals surface area contributed by atoms with Gasteiger partial charge in [0.15, 0.2) is 6.39 Å². The number of hydrogen-bond acceptors (Lipinski definition) is 4. The van der Waals surface area contributed by atoms with Crippen molar-refractivity contribution in [2.45, 2.75) is 6.54 Å². The lowest BCUT2D eigenvalue weighted by Crippen LogP contribution is -2.09.